The molecule has 3 rings (SSSR count). The van der Waals surface area contributed by atoms with Crippen molar-refractivity contribution >= 4 is 22.8 Å². The fraction of sp³-hybridized carbons (Fsp3) is 0.474. The highest BCUT2D eigenvalue weighted by Gasteiger charge is 2.33. The summed E-state index contributed by atoms with van der Waals surface area (Å²) in [5.41, 5.74) is 1.73. The van der Waals surface area contributed by atoms with E-state index < -0.39 is 17.9 Å². The molecule has 1 aliphatic heterocycles. The van der Waals surface area contributed by atoms with Gasteiger partial charge in [0.1, 0.15) is 11.6 Å². The number of ether oxygens (including phenoxy) is 2. The lowest BCUT2D eigenvalue weighted by molar-refractivity contribution is -0.148. The number of furan rings is 1. The van der Waals surface area contributed by atoms with Gasteiger partial charge in [-0.25, -0.2) is 4.79 Å². The third-order valence-corrected chi connectivity index (χ3v) is 4.39. The minimum absolute atomic E-state index is 0.0941. The number of nitrogens with one attached hydrogen (secondary N) is 1. The van der Waals surface area contributed by atoms with Gasteiger partial charge in [-0.2, -0.15) is 0 Å². The predicted molar refractivity (Wildman–Crippen MR) is 92.4 cm³/mol. The summed E-state index contributed by atoms with van der Waals surface area (Å²) in [6.07, 6.45) is 1.67. The van der Waals surface area contributed by atoms with Gasteiger partial charge < -0.3 is 19.2 Å². The highest BCUT2D eigenvalue weighted by atomic mass is 16.5. The molecule has 2 heterocycles. The van der Waals surface area contributed by atoms with Crippen LogP contribution in [0.3, 0.4) is 0 Å². The van der Waals surface area contributed by atoms with Crippen LogP contribution in [0.1, 0.15) is 35.9 Å². The lowest BCUT2D eigenvalue weighted by Gasteiger charge is -2.29. The summed E-state index contributed by atoms with van der Waals surface area (Å²) < 4.78 is 16.2. The summed E-state index contributed by atoms with van der Waals surface area (Å²) in [7, 11) is 0. The van der Waals surface area contributed by atoms with Crippen molar-refractivity contribution in [2.24, 2.45) is 5.92 Å². The van der Waals surface area contributed by atoms with Crippen LogP contribution in [-0.2, 0) is 14.3 Å². The highest BCUT2D eigenvalue weighted by molar-refractivity contribution is 5.98. The number of esters is 1. The Hall–Kier alpha value is -2.34. The van der Waals surface area contributed by atoms with Crippen LogP contribution in [0.4, 0.5) is 0 Å². The van der Waals surface area contributed by atoms with Gasteiger partial charge in [-0.05, 0) is 44.9 Å². The molecule has 1 aromatic carbocycles. The van der Waals surface area contributed by atoms with E-state index in [1.807, 2.05) is 25.1 Å². The van der Waals surface area contributed by atoms with Crippen LogP contribution in [0, 0.1) is 12.8 Å². The predicted octanol–water partition coefficient (Wildman–Crippen LogP) is 2.83. The average molecular weight is 345 g/mol. The average Bonchev–Trinajstić information content (AvgIpc) is 3.03. The van der Waals surface area contributed by atoms with Crippen molar-refractivity contribution in [3.8, 4) is 0 Å². The zero-order valence-corrected chi connectivity index (χ0v) is 14.5. The number of hydrogen-bond acceptors (Lipinski definition) is 5. The molecule has 1 amide bonds. The van der Waals surface area contributed by atoms with E-state index in [2.05, 4.69) is 5.32 Å². The Balaban J connectivity index is 1.78. The molecule has 1 N–H and O–H groups in total. The summed E-state index contributed by atoms with van der Waals surface area (Å²) in [6, 6.07) is 6.67. The number of benzene rings is 1. The van der Waals surface area contributed by atoms with Gasteiger partial charge in [0, 0.05) is 17.9 Å². The molecule has 0 saturated carbocycles. The lowest BCUT2D eigenvalue weighted by atomic mass is 9.93. The largest absolute Gasteiger partial charge is 0.464 e. The molecule has 2 atom stereocenters. The molecule has 6 nitrogen and oxygen atoms in total. The van der Waals surface area contributed by atoms with Crippen molar-refractivity contribution in [1.82, 2.24) is 5.32 Å². The Morgan fingerprint density at radius 3 is 2.92 bits per heavy atom. The summed E-state index contributed by atoms with van der Waals surface area (Å²) in [4.78, 5) is 24.9. The number of aryl methyl sites for hydroxylation is 1. The van der Waals surface area contributed by atoms with Crippen molar-refractivity contribution in [1.29, 1.82) is 0 Å². The molecule has 2 unspecified atom stereocenters. The number of fused-ring (bicyclic) bond motifs is 1. The van der Waals surface area contributed by atoms with Gasteiger partial charge in [0.15, 0.2) is 5.76 Å². The van der Waals surface area contributed by atoms with Crippen molar-refractivity contribution in [2.75, 3.05) is 19.8 Å². The molecule has 0 bridgehead atoms. The quantitative estimate of drug-likeness (QED) is 0.843. The van der Waals surface area contributed by atoms with E-state index in [-0.39, 0.29) is 18.3 Å². The number of carbonyl (C=O) groups excluding carboxylic acids is 2. The third kappa shape index (κ3) is 4.02. The van der Waals surface area contributed by atoms with Crippen LogP contribution < -0.4 is 5.32 Å². The lowest BCUT2D eigenvalue weighted by Crippen LogP contribution is -2.49. The van der Waals surface area contributed by atoms with Gasteiger partial charge in [0.05, 0.1) is 13.2 Å². The summed E-state index contributed by atoms with van der Waals surface area (Å²) in [5, 5.41) is 3.64. The van der Waals surface area contributed by atoms with Crippen molar-refractivity contribution in [2.45, 2.75) is 32.7 Å². The highest BCUT2D eigenvalue weighted by Crippen LogP contribution is 2.22. The van der Waals surface area contributed by atoms with E-state index >= 15 is 0 Å². The van der Waals surface area contributed by atoms with E-state index in [1.54, 1.807) is 13.0 Å². The minimum Gasteiger partial charge on any atom is -0.464 e. The Kier molecular flexibility index (Phi) is 5.38. The topological polar surface area (TPSA) is 77.8 Å². The summed E-state index contributed by atoms with van der Waals surface area (Å²) in [6.45, 7) is 5.11. The van der Waals surface area contributed by atoms with Crippen molar-refractivity contribution in [3.63, 3.8) is 0 Å². The first kappa shape index (κ1) is 17.5. The first-order valence-electron chi connectivity index (χ1n) is 8.64. The summed E-state index contributed by atoms with van der Waals surface area (Å²) >= 11 is 0. The maximum atomic E-state index is 12.6. The van der Waals surface area contributed by atoms with Gasteiger partial charge in [-0.1, -0.05) is 11.6 Å². The second-order valence-electron chi connectivity index (χ2n) is 6.33. The molecule has 6 heteroatoms. The van der Waals surface area contributed by atoms with E-state index in [0.29, 0.717) is 18.8 Å². The molecular weight excluding hydrogens is 322 g/mol. The fourth-order valence-corrected chi connectivity index (χ4v) is 3.12. The van der Waals surface area contributed by atoms with Crippen molar-refractivity contribution in [3.05, 3.63) is 35.6 Å². The monoisotopic (exact) mass is 345 g/mol. The zero-order valence-electron chi connectivity index (χ0n) is 14.5. The second kappa shape index (κ2) is 7.70. The normalized spacial score (nSPS) is 18.7. The maximum absolute atomic E-state index is 12.6. The van der Waals surface area contributed by atoms with Crippen molar-refractivity contribution < 1.29 is 23.5 Å². The first-order chi connectivity index (χ1) is 12.1. The minimum atomic E-state index is -0.734. The van der Waals surface area contributed by atoms with Gasteiger partial charge in [-0.3, -0.25) is 4.79 Å². The molecule has 25 heavy (non-hydrogen) atoms. The SMILES string of the molecule is CCOC(=O)C(NC(=O)c1cc2cc(C)ccc2o1)C1CCCOC1. The van der Waals surface area contributed by atoms with Gasteiger partial charge in [0.2, 0.25) is 0 Å². The fourth-order valence-electron chi connectivity index (χ4n) is 3.12. The molecule has 1 fully saturated rings. The molecular formula is C19H23NO5. The smallest absolute Gasteiger partial charge is 0.329 e. The first-order valence-corrected chi connectivity index (χ1v) is 8.64. The molecule has 2 aromatic rings. The Morgan fingerprint density at radius 1 is 1.36 bits per heavy atom. The van der Waals surface area contributed by atoms with Crippen LogP contribution in [-0.4, -0.2) is 37.7 Å². The van der Waals surface area contributed by atoms with Crippen LogP contribution in [0.15, 0.2) is 28.7 Å². The second-order valence-corrected chi connectivity index (χ2v) is 6.33. The molecule has 1 aliphatic rings. The summed E-state index contributed by atoms with van der Waals surface area (Å²) in [5.74, 6) is -0.759. The van der Waals surface area contributed by atoms with Crippen LogP contribution in [0.25, 0.3) is 11.0 Å². The van der Waals surface area contributed by atoms with Crippen LogP contribution in [0.2, 0.25) is 0 Å². The molecule has 0 radical (unpaired) electrons. The number of rotatable bonds is 5. The number of hydrogen-bond donors (Lipinski definition) is 1. The Morgan fingerprint density at radius 2 is 2.20 bits per heavy atom. The molecule has 0 spiro atoms. The molecule has 1 aromatic heterocycles. The Bertz CT molecular complexity index is 760. The number of carbonyl (C=O) groups is 2. The van der Waals surface area contributed by atoms with Crippen LogP contribution >= 0.6 is 0 Å². The molecule has 0 aliphatic carbocycles. The Labute approximate surface area is 146 Å². The zero-order chi connectivity index (χ0) is 17.8. The van der Waals surface area contributed by atoms with E-state index in [1.165, 1.54) is 0 Å². The van der Waals surface area contributed by atoms with E-state index in [0.717, 1.165) is 23.8 Å². The molecule has 1 saturated heterocycles. The van der Waals surface area contributed by atoms with Gasteiger partial charge >= 0.3 is 5.97 Å². The van der Waals surface area contributed by atoms with E-state index in [4.69, 9.17) is 13.9 Å². The van der Waals surface area contributed by atoms with Crippen LogP contribution in [0.5, 0.6) is 0 Å². The number of amides is 1. The van der Waals surface area contributed by atoms with Gasteiger partial charge in [-0.15, -0.1) is 0 Å². The maximum Gasteiger partial charge on any atom is 0.329 e. The standard InChI is InChI=1S/C19H23NO5/c1-3-24-19(22)17(13-5-4-8-23-11-13)20-18(21)16-10-14-9-12(2)6-7-15(14)25-16/h6-7,9-10,13,17H,3-5,8,11H2,1-2H3,(H,20,21). The van der Waals surface area contributed by atoms with E-state index in [9.17, 15) is 9.59 Å². The molecule has 134 valence electrons. The van der Waals surface area contributed by atoms with Gasteiger partial charge in [0.25, 0.3) is 5.91 Å². The third-order valence-electron chi connectivity index (χ3n) is 4.39.